The van der Waals surface area contributed by atoms with E-state index in [2.05, 4.69) is 19.8 Å². The molecule has 3 fully saturated rings. The summed E-state index contributed by atoms with van der Waals surface area (Å²) >= 11 is 0. The predicted octanol–water partition coefficient (Wildman–Crippen LogP) is -0.0504. The fraction of sp³-hybridized carbons (Fsp3) is 0.667. The largest absolute Gasteiger partial charge is 0.390 e. The Labute approximate surface area is 101 Å². The molecule has 4 rings (SSSR count). The molecule has 1 aromatic rings. The fourth-order valence-electron chi connectivity index (χ4n) is 2.75. The Balaban J connectivity index is 1.90. The lowest BCUT2D eigenvalue weighted by atomic mass is 10.1. The summed E-state index contributed by atoms with van der Waals surface area (Å²) in [6.45, 7) is 7.51. The maximum absolute atomic E-state index is 9.20. The van der Waals surface area contributed by atoms with Crippen LogP contribution in [0.25, 0.3) is 0 Å². The predicted molar refractivity (Wildman–Crippen MR) is 63.4 cm³/mol. The first kappa shape index (κ1) is 11.1. The lowest BCUT2D eigenvalue weighted by Crippen LogP contribution is -2.57. The zero-order chi connectivity index (χ0) is 11.8. The molecule has 3 saturated heterocycles. The highest BCUT2D eigenvalue weighted by molar-refractivity contribution is 5.13. The Hall–Kier alpha value is -1.04. The topological polar surface area (TPSA) is 52.5 Å². The molecule has 1 unspecified atom stereocenters. The molecule has 5 heteroatoms. The Morgan fingerprint density at radius 1 is 1.29 bits per heavy atom. The molecule has 5 nitrogen and oxygen atoms in total. The lowest BCUT2D eigenvalue weighted by molar-refractivity contribution is 0.00840. The number of aryl methyl sites for hydroxylation is 1. The molecule has 3 aliphatic heterocycles. The molecule has 4 heterocycles. The molecule has 0 amide bonds. The molecule has 1 atom stereocenters. The van der Waals surface area contributed by atoms with Crippen molar-refractivity contribution in [2.75, 3.05) is 32.7 Å². The molecule has 0 saturated carbocycles. The van der Waals surface area contributed by atoms with Gasteiger partial charge in [0.25, 0.3) is 0 Å². The van der Waals surface area contributed by atoms with E-state index in [1.165, 1.54) is 0 Å². The fourth-order valence-corrected chi connectivity index (χ4v) is 2.75. The van der Waals surface area contributed by atoms with Gasteiger partial charge in [-0.3, -0.25) is 9.80 Å². The van der Waals surface area contributed by atoms with Gasteiger partial charge in [0.05, 0.1) is 18.3 Å². The summed E-state index contributed by atoms with van der Waals surface area (Å²) in [4.78, 5) is 13.9. The standard InChI is InChI=1S/C12H18N4O/c1-9-6-10(8-17)14-12(13-9)11-7-15-2-4-16(11)5-3-15/h6,11,17H,2-5,7-8H2,1H3. The van der Waals surface area contributed by atoms with Gasteiger partial charge in [0.15, 0.2) is 0 Å². The molecule has 1 N–H and O–H groups in total. The van der Waals surface area contributed by atoms with Gasteiger partial charge in [-0.1, -0.05) is 0 Å². The van der Waals surface area contributed by atoms with Gasteiger partial charge < -0.3 is 5.11 Å². The smallest absolute Gasteiger partial charge is 0.147 e. The van der Waals surface area contributed by atoms with Crippen molar-refractivity contribution in [3.63, 3.8) is 0 Å². The van der Waals surface area contributed by atoms with Crippen LogP contribution in [0.1, 0.15) is 23.3 Å². The minimum atomic E-state index is -0.00715. The molecule has 0 radical (unpaired) electrons. The van der Waals surface area contributed by atoms with Crippen LogP contribution in [0.2, 0.25) is 0 Å². The number of hydrogen-bond acceptors (Lipinski definition) is 5. The van der Waals surface area contributed by atoms with Crippen LogP contribution < -0.4 is 0 Å². The van der Waals surface area contributed by atoms with Crippen molar-refractivity contribution < 1.29 is 5.11 Å². The minimum absolute atomic E-state index is 0.00715. The van der Waals surface area contributed by atoms with Gasteiger partial charge in [-0.25, -0.2) is 9.97 Å². The normalized spacial score (nSPS) is 31.8. The van der Waals surface area contributed by atoms with E-state index in [4.69, 9.17) is 0 Å². The van der Waals surface area contributed by atoms with Crippen LogP contribution in [0.3, 0.4) is 0 Å². The SMILES string of the molecule is Cc1cc(CO)nc(C2CN3CCN2CC3)n1. The van der Waals surface area contributed by atoms with Gasteiger partial charge >= 0.3 is 0 Å². The van der Waals surface area contributed by atoms with Crippen LogP contribution in [0, 0.1) is 6.92 Å². The van der Waals surface area contributed by atoms with Gasteiger partial charge in [0.1, 0.15) is 5.82 Å². The first-order valence-corrected chi connectivity index (χ1v) is 6.18. The summed E-state index contributed by atoms with van der Waals surface area (Å²) in [5.41, 5.74) is 1.67. The van der Waals surface area contributed by atoms with Gasteiger partial charge in [-0.05, 0) is 13.0 Å². The zero-order valence-electron chi connectivity index (χ0n) is 10.1. The van der Waals surface area contributed by atoms with Crippen molar-refractivity contribution in [2.24, 2.45) is 0 Å². The molecule has 0 aromatic carbocycles. The summed E-state index contributed by atoms with van der Waals surface area (Å²) in [5, 5.41) is 9.20. The van der Waals surface area contributed by atoms with E-state index in [1.54, 1.807) is 0 Å². The van der Waals surface area contributed by atoms with E-state index in [0.717, 1.165) is 49.9 Å². The highest BCUT2D eigenvalue weighted by Gasteiger charge is 2.34. The second kappa shape index (κ2) is 4.33. The van der Waals surface area contributed by atoms with Crippen LogP contribution >= 0.6 is 0 Å². The van der Waals surface area contributed by atoms with Crippen molar-refractivity contribution in [3.8, 4) is 0 Å². The first-order valence-electron chi connectivity index (χ1n) is 6.18. The lowest BCUT2D eigenvalue weighted by Gasteiger charge is -2.46. The Morgan fingerprint density at radius 3 is 2.65 bits per heavy atom. The zero-order valence-corrected chi connectivity index (χ0v) is 10.1. The maximum atomic E-state index is 9.20. The third kappa shape index (κ3) is 2.06. The van der Waals surface area contributed by atoms with Crippen LogP contribution in [0.4, 0.5) is 0 Å². The molecule has 3 aliphatic rings. The molecule has 1 aromatic heterocycles. The van der Waals surface area contributed by atoms with Crippen LogP contribution in [-0.4, -0.2) is 57.6 Å². The third-order valence-corrected chi connectivity index (χ3v) is 3.66. The molecular weight excluding hydrogens is 216 g/mol. The minimum Gasteiger partial charge on any atom is -0.390 e. The summed E-state index contributed by atoms with van der Waals surface area (Å²) in [7, 11) is 0. The van der Waals surface area contributed by atoms with Gasteiger partial charge in [0, 0.05) is 38.4 Å². The third-order valence-electron chi connectivity index (χ3n) is 3.66. The summed E-state index contributed by atoms with van der Waals surface area (Å²) in [5.74, 6) is 0.874. The number of rotatable bonds is 2. The van der Waals surface area contributed by atoms with Gasteiger partial charge in [-0.2, -0.15) is 0 Å². The number of hydrogen-bond donors (Lipinski definition) is 1. The van der Waals surface area contributed by atoms with E-state index in [0.29, 0.717) is 6.04 Å². The van der Waals surface area contributed by atoms with E-state index in [9.17, 15) is 5.11 Å². The molecule has 0 spiro atoms. The van der Waals surface area contributed by atoms with E-state index < -0.39 is 0 Å². The molecule has 92 valence electrons. The van der Waals surface area contributed by atoms with Crippen molar-refractivity contribution in [1.82, 2.24) is 19.8 Å². The second-order valence-electron chi connectivity index (χ2n) is 4.87. The van der Waals surface area contributed by atoms with Crippen molar-refractivity contribution in [3.05, 3.63) is 23.3 Å². The number of aromatic nitrogens is 2. The van der Waals surface area contributed by atoms with E-state index >= 15 is 0 Å². The van der Waals surface area contributed by atoms with Crippen LogP contribution in [-0.2, 0) is 6.61 Å². The van der Waals surface area contributed by atoms with E-state index in [1.807, 2.05) is 13.0 Å². The number of fused-ring (bicyclic) bond motifs is 3. The average molecular weight is 234 g/mol. The number of aliphatic hydroxyl groups is 1. The van der Waals surface area contributed by atoms with Gasteiger partial charge in [-0.15, -0.1) is 0 Å². The molecule has 17 heavy (non-hydrogen) atoms. The molecule has 0 aliphatic carbocycles. The molecular formula is C12H18N4O. The maximum Gasteiger partial charge on any atom is 0.147 e. The van der Waals surface area contributed by atoms with Crippen molar-refractivity contribution >= 4 is 0 Å². The monoisotopic (exact) mass is 234 g/mol. The van der Waals surface area contributed by atoms with Crippen LogP contribution in [0.15, 0.2) is 6.07 Å². The summed E-state index contributed by atoms with van der Waals surface area (Å²) in [6, 6.07) is 2.16. The highest BCUT2D eigenvalue weighted by atomic mass is 16.3. The van der Waals surface area contributed by atoms with Gasteiger partial charge in [0.2, 0.25) is 0 Å². The summed E-state index contributed by atoms with van der Waals surface area (Å²) < 4.78 is 0. The number of piperazine rings is 3. The van der Waals surface area contributed by atoms with Crippen molar-refractivity contribution in [1.29, 1.82) is 0 Å². The number of aliphatic hydroxyl groups excluding tert-OH is 1. The Morgan fingerprint density at radius 2 is 2.06 bits per heavy atom. The average Bonchev–Trinajstić information content (AvgIpc) is 2.39. The quantitative estimate of drug-likeness (QED) is 0.777. The first-order chi connectivity index (χ1) is 8.26. The Bertz CT molecular complexity index is 415. The Kier molecular flexibility index (Phi) is 2.82. The highest BCUT2D eigenvalue weighted by Crippen LogP contribution is 2.26. The summed E-state index contributed by atoms with van der Waals surface area (Å²) in [6.07, 6.45) is 0. The second-order valence-corrected chi connectivity index (χ2v) is 4.87. The molecule has 2 bridgehead atoms. The van der Waals surface area contributed by atoms with E-state index in [-0.39, 0.29) is 6.61 Å². The number of nitrogens with zero attached hydrogens (tertiary/aromatic N) is 4. The van der Waals surface area contributed by atoms with Crippen molar-refractivity contribution in [2.45, 2.75) is 19.6 Å². The van der Waals surface area contributed by atoms with Crippen LogP contribution in [0.5, 0.6) is 0 Å².